The van der Waals surface area contributed by atoms with Crippen LogP contribution in [0.15, 0.2) is 28.7 Å². The van der Waals surface area contributed by atoms with Gasteiger partial charge in [-0.05, 0) is 37.2 Å². The Morgan fingerprint density at radius 3 is 2.45 bits per heavy atom. The van der Waals surface area contributed by atoms with E-state index in [4.69, 9.17) is 4.74 Å². The van der Waals surface area contributed by atoms with E-state index < -0.39 is 0 Å². The van der Waals surface area contributed by atoms with E-state index in [1.807, 2.05) is 0 Å². The summed E-state index contributed by atoms with van der Waals surface area (Å²) in [6.07, 6.45) is 1.12. The molecule has 0 amide bonds. The molecule has 4 heteroatoms. The van der Waals surface area contributed by atoms with Crippen LogP contribution in [0.4, 0.5) is 0 Å². The molecule has 0 fully saturated rings. The van der Waals surface area contributed by atoms with E-state index in [-0.39, 0.29) is 0 Å². The van der Waals surface area contributed by atoms with Crippen LogP contribution in [0.25, 0.3) is 0 Å². The lowest BCUT2D eigenvalue weighted by Gasteiger charge is -2.24. The van der Waals surface area contributed by atoms with E-state index in [0.29, 0.717) is 6.04 Å². The highest BCUT2D eigenvalue weighted by Gasteiger charge is 2.12. The molecule has 0 saturated carbocycles. The minimum absolute atomic E-state index is 0.421. The molecular formula is C16H27BrN2O. The summed E-state index contributed by atoms with van der Waals surface area (Å²) in [5, 5.41) is 3.58. The van der Waals surface area contributed by atoms with Crippen molar-refractivity contribution in [2.45, 2.75) is 26.3 Å². The first kappa shape index (κ1) is 17.6. The number of hydrogen-bond donors (Lipinski definition) is 1. The zero-order valence-corrected chi connectivity index (χ0v) is 14.4. The molecule has 20 heavy (non-hydrogen) atoms. The van der Waals surface area contributed by atoms with E-state index in [9.17, 15) is 0 Å². The Balaban J connectivity index is 2.55. The van der Waals surface area contributed by atoms with Crippen molar-refractivity contribution >= 4 is 15.9 Å². The van der Waals surface area contributed by atoms with Crippen LogP contribution in [-0.4, -0.2) is 44.8 Å². The Morgan fingerprint density at radius 1 is 1.20 bits per heavy atom. The fourth-order valence-corrected chi connectivity index (χ4v) is 2.55. The van der Waals surface area contributed by atoms with Gasteiger partial charge in [0, 0.05) is 30.7 Å². The van der Waals surface area contributed by atoms with E-state index in [0.717, 1.165) is 43.7 Å². The largest absolute Gasteiger partial charge is 0.383 e. The third kappa shape index (κ3) is 6.35. The predicted octanol–water partition coefficient (Wildman–Crippen LogP) is 3.46. The zero-order valence-electron chi connectivity index (χ0n) is 12.9. The summed E-state index contributed by atoms with van der Waals surface area (Å²) in [4.78, 5) is 2.44. The lowest BCUT2D eigenvalue weighted by Crippen LogP contribution is -2.31. The number of methoxy groups -OCH3 is 1. The Bertz CT molecular complexity index is 356. The molecule has 0 aromatic heterocycles. The maximum Gasteiger partial charge on any atom is 0.0589 e. The smallest absolute Gasteiger partial charge is 0.0589 e. The van der Waals surface area contributed by atoms with Crippen molar-refractivity contribution in [1.82, 2.24) is 10.2 Å². The standard InChI is InChI=1S/C16H27BrN2O/c1-4-18-16(14-6-8-15(17)9-7-14)10-11-19(5-2)12-13-20-3/h6-9,16,18H,4-5,10-13H2,1-3H3. The quantitative estimate of drug-likeness (QED) is 0.704. The molecule has 0 aliphatic carbocycles. The second-order valence-electron chi connectivity index (χ2n) is 4.88. The highest BCUT2D eigenvalue weighted by Crippen LogP contribution is 2.20. The summed E-state index contributed by atoms with van der Waals surface area (Å²) in [6.45, 7) is 9.33. The van der Waals surface area contributed by atoms with Crippen molar-refractivity contribution in [3.63, 3.8) is 0 Å². The first-order valence-corrected chi connectivity index (χ1v) is 8.20. The summed E-state index contributed by atoms with van der Waals surface area (Å²) < 4.78 is 6.30. The molecular weight excluding hydrogens is 316 g/mol. The number of nitrogens with one attached hydrogen (secondary N) is 1. The van der Waals surface area contributed by atoms with Gasteiger partial charge in [0.25, 0.3) is 0 Å². The lowest BCUT2D eigenvalue weighted by atomic mass is 10.0. The molecule has 0 aliphatic rings. The molecule has 0 aliphatic heterocycles. The molecule has 1 rings (SSSR count). The average molecular weight is 343 g/mol. The van der Waals surface area contributed by atoms with Gasteiger partial charge in [-0.2, -0.15) is 0 Å². The van der Waals surface area contributed by atoms with Gasteiger partial charge in [0.2, 0.25) is 0 Å². The van der Waals surface area contributed by atoms with Crippen LogP contribution in [-0.2, 0) is 4.74 Å². The van der Waals surface area contributed by atoms with Gasteiger partial charge in [-0.1, -0.05) is 41.9 Å². The Kier molecular flexibility index (Phi) is 9.10. The van der Waals surface area contributed by atoms with Gasteiger partial charge in [0.15, 0.2) is 0 Å². The van der Waals surface area contributed by atoms with Gasteiger partial charge in [0.1, 0.15) is 0 Å². The summed E-state index contributed by atoms with van der Waals surface area (Å²) in [6, 6.07) is 9.04. The molecule has 1 N–H and O–H groups in total. The minimum Gasteiger partial charge on any atom is -0.383 e. The highest BCUT2D eigenvalue weighted by atomic mass is 79.9. The monoisotopic (exact) mass is 342 g/mol. The topological polar surface area (TPSA) is 24.5 Å². The molecule has 1 aromatic carbocycles. The highest BCUT2D eigenvalue weighted by molar-refractivity contribution is 9.10. The van der Waals surface area contributed by atoms with Crippen molar-refractivity contribution in [1.29, 1.82) is 0 Å². The number of hydrogen-bond acceptors (Lipinski definition) is 3. The normalized spacial score (nSPS) is 12.8. The van der Waals surface area contributed by atoms with Crippen LogP contribution in [0, 0.1) is 0 Å². The van der Waals surface area contributed by atoms with Crippen molar-refractivity contribution in [3.05, 3.63) is 34.3 Å². The number of nitrogens with zero attached hydrogens (tertiary/aromatic N) is 1. The third-order valence-corrected chi connectivity index (χ3v) is 4.04. The molecule has 1 unspecified atom stereocenters. The van der Waals surface area contributed by atoms with Crippen LogP contribution in [0.1, 0.15) is 31.9 Å². The Hall–Kier alpha value is -0.420. The number of ether oxygens (including phenoxy) is 1. The SMILES string of the molecule is CCNC(CCN(CC)CCOC)c1ccc(Br)cc1. The molecule has 0 spiro atoms. The molecule has 3 nitrogen and oxygen atoms in total. The maximum absolute atomic E-state index is 5.16. The molecule has 0 saturated heterocycles. The van der Waals surface area contributed by atoms with Gasteiger partial charge < -0.3 is 15.0 Å². The molecule has 0 bridgehead atoms. The van der Waals surface area contributed by atoms with Gasteiger partial charge >= 0.3 is 0 Å². The van der Waals surface area contributed by atoms with Gasteiger partial charge in [-0.25, -0.2) is 0 Å². The minimum atomic E-state index is 0.421. The second kappa shape index (κ2) is 10.3. The third-order valence-electron chi connectivity index (χ3n) is 3.52. The van der Waals surface area contributed by atoms with Crippen molar-refractivity contribution < 1.29 is 4.74 Å². The van der Waals surface area contributed by atoms with E-state index >= 15 is 0 Å². The second-order valence-corrected chi connectivity index (χ2v) is 5.79. The average Bonchev–Trinajstić information content (AvgIpc) is 2.47. The van der Waals surface area contributed by atoms with E-state index in [1.54, 1.807) is 7.11 Å². The fraction of sp³-hybridized carbons (Fsp3) is 0.625. The summed E-state index contributed by atoms with van der Waals surface area (Å²) in [5.74, 6) is 0. The van der Waals surface area contributed by atoms with E-state index in [2.05, 4.69) is 64.3 Å². The number of rotatable bonds is 10. The first-order chi connectivity index (χ1) is 9.71. The summed E-state index contributed by atoms with van der Waals surface area (Å²) >= 11 is 3.49. The maximum atomic E-state index is 5.16. The molecule has 114 valence electrons. The Morgan fingerprint density at radius 2 is 1.90 bits per heavy atom. The predicted molar refractivity (Wildman–Crippen MR) is 89.2 cm³/mol. The van der Waals surface area contributed by atoms with Crippen molar-refractivity contribution in [3.8, 4) is 0 Å². The molecule has 0 heterocycles. The lowest BCUT2D eigenvalue weighted by molar-refractivity contribution is 0.148. The number of halogens is 1. The summed E-state index contributed by atoms with van der Waals surface area (Å²) in [5.41, 5.74) is 1.36. The van der Waals surface area contributed by atoms with Crippen molar-refractivity contribution in [2.75, 3.05) is 39.9 Å². The number of benzene rings is 1. The van der Waals surface area contributed by atoms with Crippen LogP contribution in [0.5, 0.6) is 0 Å². The van der Waals surface area contributed by atoms with Crippen LogP contribution >= 0.6 is 15.9 Å². The molecule has 0 radical (unpaired) electrons. The first-order valence-electron chi connectivity index (χ1n) is 7.41. The Labute approximate surface area is 131 Å². The fourth-order valence-electron chi connectivity index (χ4n) is 2.29. The van der Waals surface area contributed by atoms with Crippen molar-refractivity contribution in [2.24, 2.45) is 0 Å². The van der Waals surface area contributed by atoms with Crippen LogP contribution in [0.2, 0.25) is 0 Å². The van der Waals surface area contributed by atoms with Gasteiger partial charge in [0.05, 0.1) is 6.61 Å². The van der Waals surface area contributed by atoms with Gasteiger partial charge in [-0.15, -0.1) is 0 Å². The van der Waals surface area contributed by atoms with Gasteiger partial charge in [-0.3, -0.25) is 0 Å². The molecule has 1 atom stereocenters. The van der Waals surface area contributed by atoms with Crippen LogP contribution < -0.4 is 5.32 Å². The zero-order chi connectivity index (χ0) is 14.8. The van der Waals surface area contributed by atoms with Crippen LogP contribution in [0.3, 0.4) is 0 Å². The van der Waals surface area contributed by atoms with E-state index in [1.165, 1.54) is 5.56 Å². The summed E-state index contributed by atoms with van der Waals surface area (Å²) in [7, 11) is 1.76. The molecule has 1 aromatic rings. The number of likely N-dealkylation sites (N-methyl/N-ethyl adjacent to an activating group) is 1.